The number of nitrogens with zero attached hydrogens (tertiary/aromatic N) is 2. The minimum absolute atomic E-state index is 0.0170. The third-order valence-corrected chi connectivity index (χ3v) is 6.07. The van der Waals surface area contributed by atoms with Crippen LogP contribution < -0.4 is 14.8 Å². The Morgan fingerprint density at radius 3 is 2.54 bits per heavy atom. The number of hydrogen-bond donors (Lipinski definition) is 1. The van der Waals surface area contributed by atoms with E-state index in [-0.39, 0.29) is 23.5 Å². The second kappa shape index (κ2) is 10.9. The first-order valence-electron chi connectivity index (χ1n) is 11.6. The zero-order valence-corrected chi connectivity index (χ0v) is 20.1. The zero-order chi connectivity index (χ0) is 24.8. The van der Waals surface area contributed by atoms with Crippen LogP contribution in [0.1, 0.15) is 41.4 Å². The van der Waals surface area contributed by atoms with Gasteiger partial charge in [-0.05, 0) is 60.9 Å². The maximum Gasteiger partial charge on any atom is 0.291 e. The highest BCUT2D eigenvalue weighted by molar-refractivity contribution is 6.06. The van der Waals surface area contributed by atoms with Crippen molar-refractivity contribution in [2.75, 3.05) is 26.1 Å². The van der Waals surface area contributed by atoms with Gasteiger partial charge in [-0.15, -0.1) is 0 Å². The highest BCUT2D eigenvalue weighted by atomic mass is 16.5. The quantitative estimate of drug-likeness (QED) is 0.482. The van der Waals surface area contributed by atoms with Gasteiger partial charge in [0.1, 0.15) is 0 Å². The highest BCUT2D eigenvalue weighted by Crippen LogP contribution is 2.31. The second-order valence-corrected chi connectivity index (χ2v) is 8.26. The molecular formula is C27H29N3O5. The number of methoxy groups -OCH3 is 2. The van der Waals surface area contributed by atoms with Crippen molar-refractivity contribution in [2.24, 2.45) is 11.0 Å². The van der Waals surface area contributed by atoms with Crippen molar-refractivity contribution < 1.29 is 23.5 Å². The van der Waals surface area contributed by atoms with Crippen LogP contribution in [0.5, 0.6) is 11.5 Å². The molecule has 8 heteroatoms. The van der Waals surface area contributed by atoms with E-state index in [1.807, 2.05) is 42.5 Å². The Balaban J connectivity index is 1.45. The normalized spacial score (nSPS) is 15.5. The molecule has 8 nitrogen and oxygen atoms in total. The summed E-state index contributed by atoms with van der Waals surface area (Å²) in [7, 11) is 3.20. The van der Waals surface area contributed by atoms with E-state index in [9.17, 15) is 9.59 Å². The molecule has 2 aromatic carbocycles. The SMILES string of the molecule is CCC1CC(=O)N(CCc2ccc(NC(=O)c3ccco3)cc2)N=C1c1ccc(OC)c(OC)c1. The van der Waals surface area contributed by atoms with Crippen LogP contribution in [-0.4, -0.2) is 43.3 Å². The second-order valence-electron chi connectivity index (χ2n) is 8.26. The molecule has 1 atom stereocenters. The number of anilines is 1. The number of ether oxygens (including phenoxy) is 2. The Morgan fingerprint density at radius 1 is 1.11 bits per heavy atom. The van der Waals surface area contributed by atoms with E-state index in [2.05, 4.69) is 12.2 Å². The number of hydrogen-bond acceptors (Lipinski definition) is 6. The Kier molecular flexibility index (Phi) is 7.50. The molecule has 0 saturated carbocycles. The molecule has 3 aromatic rings. The summed E-state index contributed by atoms with van der Waals surface area (Å²) >= 11 is 0. The molecule has 0 spiro atoms. The third-order valence-electron chi connectivity index (χ3n) is 6.07. The molecule has 4 rings (SSSR count). The van der Waals surface area contributed by atoms with Crippen molar-refractivity contribution in [3.63, 3.8) is 0 Å². The topological polar surface area (TPSA) is 93.4 Å². The maximum atomic E-state index is 12.8. The first kappa shape index (κ1) is 24.1. The molecule has 1 N–H and O–H groups in total. The van der Waals surface area contributed by atoms with Crippen molar-refractivity contribution in [3.05, 3.63) is 77.7 Å². The molecule has 1 aliphatic rings. The van der Waals surface area contributed by atoms with Gasteiger partial charge in [-0.2, -0.15) is 5.10 Å². The van der Waals surface area contributed by atoms with E-state index >= 15 is 0 Å². The third kappa shape index (κ3) is 5.54. The van der Waals surface area contributed by atoms with E-state index in [0.717, 1.165) is 23.3 Å². The standard InChI is InChI=1S/C27H29N3O5/c1-4-19-17-25(31)30(29-26(19)20-9-12-22(33-2)24(16-20)34-3)14-13-18-7-10-21(11-8-18)28-27(32)23-6-5-15-35-23/h5-12,15-16,19H,4,13-14,17H2,1-3H3,(H,28,32). The van der Waals surface area contributed by atoms with Crippen LogP contribution in [0.2, 0.25) is 0 Å². The van der Waals surface area contributed by atoms with Gasteiger partial charge in [-0.25, -0.2) is 5.01 Å². The van der Waals surface area contributed by atoms with E-state index < -0.39 is 0 Å². The molecule has 0 radical (unpaired) electrons. The highest BCUT2D eigenvalue weighted by Gasteiger charge is 2.29. The van der Waals surface area contributed by atoms with E-state index in [4.69, 9.17) is 19.0 Å². The van der Waals surface area contributed by atoms with Gasteiger partial charge < -0.3 is 19.2 Å². The van der Waals surface area contributed by atoms with Crippen molar-refractivity contribution in [1.29, 1.82) is 0 Å². The predicted molar refractivity (Wildman–Crippen MR) is 133 cm³/mol. The first-order valence-corrected chi connectivity index (χ1v) is 11.6. The summed E-state index contributed by atoms with van der Waals surface area (Å²) in [6, 6.07) is 16.5. The van der Waals surface area contributed by atoms with Crippen LogP contribution in [0.25, 0.3) is 0 Å². The lowest BCUT2D eigenvalue weighted by Gasteiger charge is -2.29. The Morgan fingerprint density at radius 2 is 1.89 bits per heavy atom. The van der Waals surface area contributed by atoms with Gasteiger partial charge in [0, 0.05) is 30.1 Å². The summed E-state index contributed by atoms with van der Waals surface area (Å²) < 4.78 is 15.9. The Hall–Kier alpha value is -4.07. The van der Waals surface area contributed by atoms with Crippen molar-refractivity contribution in [1.82, 2.24) is 5.01 Å². The summed E-state index contributed by atoms with van der Waals surface area (Å²) in [5.41, 5.74) is 3.51. The number of furan rings is 1. The van der Waals surface area contributed by atoms with Gasteiger partial charge in [0.05, 0.1) is 26.2 Å². The smallest absolute Gasteiger partial charge is 0.291 e. The number of carbonyl (C=O) groups is 2. The van der Waals surface area contributed by atoms with Gasteiger partial charge in [0.25, 0.3) is 5.91 Å². The molecule has 1 aromatic heterocycles. The van der Waals surface area contributed by atoms with Crippen LogP contribution in [-0.2, 0) is 11.2 Å². The van der Waals surface area contributed by atoms with Crippen LogP contribution in [0, 0.1) is 5.92 Å². The molecule has 35 heavy (non-hydrogen) atoms. The predicted octanol–water partition coefficient (Wildman–Crippen LogP) is 4.75. The summed E-state index contributed by atoms with van der Waals surface area (Å²) in [4.78, 5) is 24.9. The summed E-state index contributed by atoms with van der Waals surface area (Å²) in [5.74, 6) is 1.30. The largest absolute Gasteiger partial charge is 0.493 e. The van der Waals surface area contributed by atoms with E-state index in [1.165, 1.54) is 6.26 Å². The number of amides is 2. The lowest BCUT2D eigenvalue weighted by Crippen LogP contribution is -2.38. The maximum absolute atomic E-state index is 12.8. The van der Waals surface area contributed by atoms with Gasteiger partial charge in [0.15, 0.2) is 17.3 Å². The average molecular weight is 476 g/mol. The fourth-order valence-corrected chi connectivity index (χ4v) is 4.07. The molecule has 0 bridgehead atoms. The average Bonchev–Trinajstić information content (AvgIpc) is 3.43. The fourth-order valence-electron chi connectivity index (χ4n) is 4.07. The minimum atomic E-state index is -0.302. The Bertz CT molecular complexity index is 1200. The van der Waals surface area contributed by atoms with Crippen molar-refractivity contribution >= 4 is 23.2 Å². The lowest BCUT2D eigenvalue weighted by atomic mass is 9.89. The fraction of sp³-hybridized carbons (Fsp3) is 0.296. The first-order chi connectivity index (χ1) is 17.0. The van der Waals surface area contributed by atoms with Crippen LogP contribution in [0.4, 0.5) is 5.69 Å². The molecule has 182 valence electrons. The number of benzene rings is 2. The van der Waals surface area contributed by atoms with Gasteiger partial charge >= 0.3 is 0 Å². The lowest BCUT2D eigenvalue weighted by molar-refractivity contribution is -0.132. The summed E-state index contributed by atoms with van der Waals surface area (Å²) in [6.07, 6.45) is 3.33. The molecule has 0 fully saturated rings. The molecule has 2 heterocycles. The monoisotopic (exact) mass is 475 g/mol. The van der Waals surface area contributed by atoms with Gasteiger partial charge in [-0.1, -0.05) is 19.1 Å². The number of rotatable bonds is 9. The molecule has 2 amide bonds. The molecule has 0 saturated heterocycles. The summed E-state index contributed by atoms with van der Waals surface area (Å²) in [5, 5.41) is 9.11. The van der Waals surface area contributed by atoms with E-state index in [1.54, 1.807) is 31.4 Å². The van der Waals surface area contributed by atoms with Gasteiger partial charge in [-0.3, -0.25) is 9.59 Å². The molecule has 0 aliphatic carbocycles. The van der Waals surface area contributed by atoms with E-state index in [0.29, 0.717) is 36.6 Å². The van der Waals surface area contributed by atoms with Crippen molar-refractivity contribution in [2.45, 2.75) is 26.2 Å². The molecule has 1 unspecified atom stereocenters. The number of nitrogens with one attached hydrogen (secondary N) is 1. The summed E-state index contributed by atoms with van der Waals surface area (Å²) in [6.45, 7) is 2.53. The number of hydrazone groups is 1. The van der Waals surface area contributed by atoms with Crippen LogP contribution >= 0.6 is 0 Å². The van der Waals surface area contributed by atoms with Gasteiger partial charge in [0.2, 0.25) is 5.91 Å². The number of carbonyl (C=O) groups excluding carboxylic acids is 2. The zero-order valence-electron chi connectivity index (χ0n) is 20.1. The Labute approximate surface area is 204 Å². The minimum Gasteiger partial charge on any atom is -0.493 e. The molecule has 1 aliphatic heterocycles. The van der Waals surface area contributed by atoms with Crippen LogP contribution in [0.3, 0.4) is 0 Å². The van der Waals surface area contributed by atoms with Crippen LogP contribution in [0.15, 0.2) is 70.4 Å². The molecular weight excluding hydrogens is 446 g/mol. The van der Waals surface area contributed by atoms with Crippen molar-refractivity contribution in [3.8, 4) is 11.5 Å².